The van der Waals surface area contributed by atoms with E-state index in [1.807, 2.05) is 13.8 Å². The standard InChI is InChI=1S/C33H34N8O6/c1-5-46-22-11-7-20(8-12-22)38-40-27-18(3)24(30(42)36-32(27)44)17-25(29-34-15-16-35-29)26-19(4)28(33(45)37-31(26)43)41-39-21-9-13-23(14-10-21)47-6-2/h7-16,25,27-28H,5-6,17H2,1-4H3,(H,34,35)(H,36,42,44)(H,37,43,45). The molecule has 4 amide bonds. The van der Waals surface area contributed by atoms with E-state index in [0.29, 0.717) is 53.1 Å². The van der Waals surface area contributed by atoms with Crippen LogP contribution in [0.25, 0.3) is 0 Å². The van der Waals surface area contributed by atoms with Crippen LogP contribution < -0.4 is 20.1 Å². The van der Waals surface area contributed by atoms with Crippen LogP contribution in [0.5, 0.6) is 11.5 Å². The van der Waals surface area contributed by atoms with Gasteiger partial charge in [0.2, 0.25) is 0 Å². The molecule has 242 valence electrons. The zero-order valence-corrected chi connectivity index (χ0v) is 26.3. The van der Waals surface area contributed by atoms with E-state index < -0.39 is 41.6 Å². The molecule has 14 heteroatoms. The molecular weight excluding hydrogens is 604 g/mol. The summed E-state index contributed by atoms with van der Waals surface area (Å²) >= 11 is 0. The number of hydrogen-bond acceptors (Lipinski definition) is 11. The highest BCUT2D eigenvalue weighted by Crippen LogP contribution is 2.37. The third kappa shape index (κ3) is 7.38. The van der Waals surface area contributed by atoms with Gasteiger partial charge in [-0.15, -0.1) is 0 Å². The number of nitrogens with zero attached hydrogens (tertiary/aromatic N) is 5. The average Bonchev–Trinajstić information content (AvgIpc) is 3.58. The number of aromatic nitrogens is 2. The number of rotatable bonds is 12. The zero-order valence-electron chi connectivity index (χ0n) is 26.3. The van der Waals surface area contributed by atoms with Crippen LogP contribution >= 0.6 is 0 Å². The molecule has 2 aliphatic rings. The third-order valence-corrected chi connectivity index (χ3v) is 7.69. The molecule has 1 aromatic heterocycles. The van der Waals surface area contributed by atoms with E-state index in [4.69, 9.17) is 9.47 Å². The van der Waals surface area contributed by atoms with E-state index in [9.17, 15) is 19.2 Å². The molecule has 3 unspecified atom stereocenters. The normalized spacial score (nSPS) is 19.4. The van der Waals surface area contributed by atoms with E-state index in [1.54, 1.807) is 68.6 Å². The fourth-order valence-corrected chi connectivity index (χ4v) is 5.34. The molecule has 2 aromatic carbocycles. The first-order valence-corrected chi connectivity index (χ1v) is 15.1. The summed E-state index contributed by atoms with van der Waals surface area (Å²) in [5.41, 5.74) is 2.15. The number of carbonyl (C=O) groups excluding carboxylic acids is 4. The predicted molar refractivity (Wildman–Crippen MR) is 169 cm³/mol. The maximum absolute atomic E-state index is 13.4. The molecule has 0 bridgehead atoms. The molecule has 3 N–H and O–H groups in total. The Kier molecular flexibility index (Phi) is 10.1. The number of azo groups is 2. The molecule has 0 saturated carbocycles. The maximum atomic E-state index is 13.4. The molecular formula is C33H34N8O6. The lowest BCUT2D eigenvalue weighted by Gasteiger charge is -2.29. The minimum Gasteiger partial charge on any atom is -0.494 e. The molecule has 3 aromatic rings. The third-order valence-electron chi connectivity index (χ3n) is 7.69. The SMILES string of the molecule is CCOc1ccc(N=NC2C(=O)NC(=O)C(CC(C3=C(C)C(N=Nc4ccc(OCC)cc4)C(=O)NC3=O)c3ncc[nH]3)=C2C)cc1. The molecule has 47 heavy (non-hydrogen) atoms. The number of imide groups is 2. The minimum atomic E-state index is -1.11. The Hall–Kier alpha value is -5.79. The number of benzene rings is 2. The largest absolute Gasteiger partial charge is 0.494 e. The summed E-state index contributed by atoms with van der Waals surface area (Å²) < 4.78 is 10.9. The van der Waals surface area contributed by atoms with Crippen LogP contribution in [0.4, 0.5) is 11.4 Å². The lowest BCUT2D eigenvalue weighted by molar-refractivity contribution is -0.132. The highest BCUT2D eigenvalue weighted by atomic mass is 16.5. The fourth-order valence-electron chi connectivity index (χ4n) is 5.34. The van der Waals surface area contributed by atoms with Crippen LogP contribution in [0.15, 0.2) is 104 Å². The van der Waals surface area contributed by atoms with Gasteiger partial charge in [0.25, 0.3) is 23.6 Å². The van der Waals surface area contributed by atoms with Crippen LogP contribution in [0.3, 0.4) is 0 Å². The number of nitrogens with one attached hydrogen (secondary N) is 3. The van der Waals surface area contributed by atoms with Crippen LogP contribution in [0.2, 0.25) is 0 Å². The maximum Gasteiger partial charge on any atom is 0.257 e. The summed E-state index contributed by atoms with van der Waals surface area (Å²) in [6.07, 6.45) is 3.07. The summed E-state index contributed by atoms with van der Waals surface area (Å²) in [7, 11) is 0. The molecule has 0 spiro atoms. The van der Waals surface area contributed by atoms with Gasteiger partial charge in [-0.25, -0.2) is 4.98 Å². The smallest absolute Gasteiger partial charge is 0.257 e. The zero-order chi connectivity index (χ0) is 33.5. The number of aromatic amines is 1. The first-order chi connectivity index (χ1) is 22.7. The van der Waals surface area contributed by atoms with E-state index >= 15 is 0 Å². The number of carbonyl (C=O) groups is 4. The van der Waals surface area contributed by atoms with Crippen molar-refractivity contribution >= 4 is 35.0 Å². The van der Waals surface area contributed by atoms with Gasteiger partial charge < -0.3 is 14.5 Å². The second-order valence-corrected chi connectivity index (χ2v) is 10.7. The second kappa shape index (κ2) is 14.5. The molecule has 0 saturated heterocycles. The van der Waals surface area contributed by atoms with Crippen LogP contribution in [0, 0.1) is 0 Å². The monoisotopic (exact) mass is 638 g/mol. The Morgan fingerprint density at radius 2 is 1.26 bits per heavy atom. The van der Waals surface area contributed by atoms with Crippen molar-refractivity contribution < 1.29 is 28.7 Å². The van der Waals surface area contributed by atoms with Crippen molar-refractivity contribution in [1.82, 2.24) is 20.6 Å². The van der Waals surface area contributed by atoms with Crippen molar-refractivity contribution in [2.24, 2.45) is 20.5 Å². The second-order valence-electron chi connectivity index (χ2n) is 10.7. The Morgan fingerprint density at radius 1 is 0.745 bits per heavy atom. The van der Waals surface area contributed by atoms with Crippen molar-refractivity contribution in [2.45, 2.75) is 52.1 Å². The van der Waals surface area contributed by atoms with Crippen LogP contribution in [-0.4, -0.2) is 58.9 Å². The quantitative estimate of drug-likeness (QED) is 0.185. The molecule has 2 aliphatic heterocycles. The van der Waals surface area contributed by atoms with E-state index in [-0.39, 0.29) is 17.6 Å². The lowest BCUT2D eigenvalue weighted by atomic mass is 9.81. The summed E-state index contributed by atoms with van der Waals surface area (Å²) in [4.78, 5) is 59.8. The predicted octanol–water partition coefficient (Wildman–Crippen LogP) is 4.93. The number of hydrogen-bond donors (Lipinski definition) is 3. The Bertz CT molecular complexity index is 1780. The Balaban J connectivity index is 1.47. The highest BCUT2D eigenvalue weighted by molar-refractivity contribution is 6.13. The van der Waals surface area contributed by atoms with Crippen molar-refractivity contribution in [3.05, 3.63) is 89.0 Å². The van der Waals surface area contributed by atoms with Crippen LogP contribution in [-0.2, 0) is 19.2 Å². The fraction of sp³-hybridized carbons (Fsp3) is 0.303. The first-order valence-electron chi connectivity index (χ1n) is 15.1. The van der Waals surface area contributed by atoms with E-state index in [2.05, 4.69) is 41.1 Å². The Labute approximate surface area is 270 Å². The summed E-state index contributed by atoms with van der Waals surface area (Å²) in [6, 6.07) is 11.6. The van der Waals surface area contributed by atoms with Crippen molar-refractivity contribution in [2.75, 3.05) is 13.2 Å². The van der Waals surface area contributed by atoms with E-state index in [0.717, 1.165) is 0 Å². The summed E-state index contributed by atoms with van der Waals surface area (Å²) in [6.45, 7) is 8.06. The summed E-state index contributed by atoms with van der Waals surface area (Å²) in [5.74, 6) is -1.59. The average molecular weight is 639 g/mol. The van der Waals surface area contributed by atoms with Crippen molar-refractivity contribution in [1.29, 1.82) is 0 Å². The Morgan fingerprint density at radius 3 is 1.74 bits per heavy atom. The molecule has 3 heterocycles. The lowest BCUT2D eigenvalue weighted by Crippen LogP contribution is -2.47. The van der Waals surface area contributed by atoms with Gasteiger partial charge in [-0.1, -0.05) is 0 Å². The molecule has 0 fully saturated rings. The van der Waals surface area contributed by atoms with Crippen molar-refractivity contribution in [3.63, 3.8) is 0 Å². The van der Waals surface area contributed by atoms with Gasteiger partial charge in [-0.05, 0) is 93.8 Å². The number of ether oxygens (including phenoxy) is 2. The molecule has 5 rings (SSSR count). The number of imidazole rings is 1. The first kappa shape index (κ1) is 32.6. The molecule has 0 radical (unpaired) electrons. The van der Waals surface area contributed by atoms with Gasteiger partial charge in [0.15, 0.2) is 12.1 Å². The van der Waals surface area contributed by atoms with Gasteiger partial charge >= 0.3 is 0 Å². The van der Waals surface area contributed by atoms with Crippen LogP contribution in [0.1, 0.15) is 45.9 Å². The van der Waals surface area contributed by atoms with Gasteiger partial charge in [0, 0.05) is 23.5 Å². The van der Waals surface area contributed by atoms with Gasteiger partial charge in [0.1, 0.15) is 17.3 Å². The number of H-pyrrole nitrogens is 1. The van der Waals surface area contributed by atoms with Gasteiger partial charge in [-0.3, -0.25) is 29.8 Å². The highest BCUT2D eigenvalue weighted by Gasteiger charge is 2.40. The van der Waals surface area contributed by atoms with E-state index in [1.165, 1.54) is 6.20 Å². The molecule has 0 aliphatic carbocycles. The summed E-state index contributed by atoms with van der Waals surface area (Å²) in [5, 5.41) is 21.7. The van der Waals surface area contributed by atoms with Gasteiger partial charge in [0.05, 0.1) is 30.5 Å². The minimum absolute atomic E-state index is 0.0371. The number of amides is 4. The molecule has 3 atom stereocenters. The topological polar surface area (TPSA) is 189 Å². The molecule has 14 nitrogen and oxygen atoms in total. The van der Waals surface area contributed by atoms with Gasteiger partial charge in [-0.2, -0.15) is 20.5 Å². The van der Waals surface area contributed by atoms with Crippen molar-refractivity contribution in [3.8, 4) is 11.5 Å².